The number of nitrogens with two attached hydrogens (primary N) is 1. The first-order valence-corrected chi connectivity index (χ1v) is 6.89. The maximum Gasteiger partial charge on any atom is 0.225 e. The van der Waals surface area contributed by atoms with Crippen molar-refractivity contribution in [3.8, 4) is 0 Å². The Morgan fingerprint density at radius 2 is 2.18 bits per heavy atom. The number of hydrogen-bond donors (Lipinski definition) is 1. The van der Waals surface area contributed by atoms with Crippen molar-refractivity contribution in [2.24, 2.45) is 17.6 Å². The van der Waals surface area contributed by atoms with E-state index in [1.165, 1.54) is 6.42 Å². The number of nitrogens with zero attached hydrogens (tertiary/aromatic N) is 1. The molecule has 2 aliphatic heterocycles. The number of hydrogen-bond acceptors (Lipinski definition) is 3. The van der Waals surface area contributed by atoms with Gasteiger partial charge in [0.05, 0.1) is 12.5 Å². The number of ether oxygens (including phenoxy) is 1. The summed E-state index contributed by atoms with van der Waals surface area (Å²) in [5.41, 5.74) is 6.08. The van der Waals surface area contributed by atoms with Gasteiger partial charge in [0.15, 0.2) is 0 Å². The van der Waals surface area contributed by atoms with Crippen LogP contribution in [0, 0.1) is 11.8 Å². The summed E-state index contributed by atoms with van der Waals surface area (Å²) >= 11 is 0. The van der Waals surface area contributed by atoms with E-state index in [4.69, 9.17) is 10.5 Å². The average molecular weight is 238 g/mol. The lowest BCUT2D eigenvalue weighted by Crippen LogP contribution is -2.34. The van der Waals surface area contributed by atoms with Gasteiger partial charge in [-0.1, -0.05) is 0 Å². The standard InChI is InChI=1S/C13H22N2O2/c14-12-4-3-9-7-15(8-11(9)12)13(16)6-10-2-1-5-17-10/h9-12H,1-8,14H2. The number of rotatable bonds is 2. The van der Waals surface area contributed by atoms with E-state index in [0.29, 0.717) is 24.3 Å². The maximum absolute atomic E-state index is 12.1. The van der Waals surface area contributed by atoms with Crippen LogP contribution in [0.5, 0.6) is 0 Å². The highest BCUT2D eigenvalue weighted by Gasteiger charge is 2.42. The SMILES string of the molecule is NC1CCC2CN(C(=O)CC3CCCO3)CC12. The third-order valence-electron chi connectivity index (χ3n) is 4.69. The summed E-state index contributed by atoms with van der Waals surface area (Å²) in [6.07, 6.45) is 5.25. The molecular weight excluding hydrogens is 216 g/mol. The largest absolute Gasteiger partial charge is 0.378 e. The summed E-state index contributed by atoms with van der Waals surface area (Å²) in [5, 5.41) is 0. The molecule has 4 heteroatoms. The molecule has 3 rings (SSSR count). The second kappa shape index (κ2) is 4.58. The Labute approximate surface area is 102 Å². The van der Waals surface area contributed by atoms with Crippen LogP contribution in [-0.2, 0) is 9.53 Å². The van der Waals surface area contributed by atoms with Crippen molar-refractivity contribution >= 4 is 5.91 Å². The monoisotopic (exact) mass is 238 g/mol. The van der Waals surface area contributed by atoms with Crippen LogP contribution in [0.1, 0.15) is 32.1 Å². The van der Waals surface area contributed by atoms with Crippen molar-refractivity contribution in [3.63, 3.8) is 0 Å². The van der Waals surface area contributed by atoms with Crippen molar-refractivity contribution in [1.82, 2.24) is 4.90 Å². The summed E-state index contributed by atoms with van der Waals surface area (Å²) < 4.78 is 5.53. The highest BCUT2D eigenvalue weighted by molar-refractivity contribution is 5.77. The minimum atomic E-state index is 0.177. The normalized spacial score (nSPS) is 40.9. The first kappa shape index (κ1) is 11.5. The molecule has 3 fully saturated rings. The molecule has 96 valence electrons. The topological polar surface area (TPSA) is 55.6 Å². The zero-order valence-corrected chi connectivity index (χ0v) is 10.3. The lowest BCUT2D eigenvalue weighted by atomic mass is 9.98. The highest BCUT2D eigenvalue weighted by Crippen LogP contribution is 2.37. The molecule has 0 aromatic heterocycles. The quantitative estimate of drug-likeness (QED) is 0.772. The van der Waals surface area contributed by atoms with Crippen molar-refractivity contribution in [1.29, 1.82) is 0 Å². The zero-order valence-electron chi connectivity index (χ0n) is 10.3. The van der Waals surface area contributed by atoms with E-state index in [9.17, 15) is 4.79 Å². The molecule has 0 aromatic carbocycles. The van der Waals surface area contributed by atoms with Gasteiger partial charge < -0.3 is 15.4 Å². The minimum absolute atomic E-state index is 0.177. The molecule has 4 atom stereocenters. The summed E-state index contributed by atoms with van der Waals surface area (Å²) in [6.45, 7) is 2.65. The third kappa shape index (κ3) is 2.20. The van der Waals surface area contributed by atoms with Crippen LogP contribution in [0.25, 0.3) is 0 Å². The van der Waals surface area contributed by atoms with Crippen LogP contribution in [0.3, 0.4) is 0 Å². The molecule has 0 radical (unpaired) electrons. The van der Waals surface area contributed by atoms with Crippen LogP contribution in [0.2, 0.25) is 0 Å². The van der Waals surface area contributed by atoms with E-state index < -0.39 is 0 Å². The Morgan fingerprint density at radius 1 is 1.29 bits per heavy atom. The molecular formula is C13H22N2O2. The van der Waals surface area contributed by atoms with Gasteiger partial charge in [-0.25, -0.2) is 0 Å². The molecule has 2 N–H and O–H groups in total. The minimum Gasteiger partial charge on any atom is -0.378 e. The number of amides is 1. The lowest BCUT2D eigenvalue weighted by Gasteiger charge is -2.20. The predicted molar refractivity (Wildman–Crippen MR) is 64.4 cm³/mol. The van der Waals surface area contributed by atoms with Crippen LogP contribution < -0.4 is 5.73 Å². The molecule has 17 heavy (non-hydrogen) atoms. The molecule has 0 spiro atoms. The fraction of sp³-hybridized carbons (Fsp3) is 0.923. The van der Waals surface area contributed by atoms with E-state index in [-0.39, 0.29) is 12.0 Å². The number of likely N-dealkylation sites (tertiary alicyclic amines) is 1. The van der Waals surface area contributed by atoms with Gasteiger partial charge in [0.2, 0.25) is 5.91 Å². The smallest absolute Gasteiger partial charge is 0.225 e. The lowest BCUT2D eigenvalue weighted by molar-refractivity contribution is -0.132. The first-order valence-electron chi connectivity index (χ1n) is 6.89. The van der Waals surface area contributed by atoms with Crippen LogP contribution in [-0.4, -0.2) is 42.6 Å². The van der Waals surface area contributed by atoms with E-state index in [1.54, 1.807) is 0 Å². The Bertz CT molecular complexity index is 302. The van der Waals surface area contributed by atoms with Gasteiger partial charge in [-0.3, -0.25) is 4.79 Å². The van der Waals surface area contributed by atoms with Gasteiger partial charge in [0, 0.05) is 25.7 Å². The van der Waals surface area contributed by atoms with Gasteiger partial charge >= 0.3 is 0 Å². The molecule has 0 bridgehead atoms. The summed E-state index contributed by atoms with van der Waals surface area (Å²) in [5.74, 6) is 1.50. The van der Waals surface area contributed by atoms with Crippen LogP contribution in [0.4, 0.5) is 0 Å². The molecule has 4 unspecified atom stereocenters. The van der Waals surface area contributed by atoms with Crippen LogP contribution in [0.15, 0.2) is 0 Å². The van der Waals surface area contributed by atoms with Crippen molar-refractivity contribution in [2.45, 2.75) is 44.2 Å². The second-order valence-electron chi connectivity index (χ2n) is 5.80. The Morgan fingerprint density at radius 3 is 2.88 bits per heavy atom. The van der Waals surface area contributed by atoms with E-state index >= 15 is 0 Å². The van der Waals surface area contributed by atoms with E-state index in [0.717, 1.165) is 39.0 Å². The van der Waals surface area contributed by atoms with E-state index in [1.807, 2.05) is 4.90 Å². The summed E-state index contributed by atoms with van der Waals surface area (Å²) in [6, 6.07) is 0.320. The number of carbonyl (C=O) groups is 1. The Kier molecular flexibility index (Phi) is 3.09. The highest BCUT2D eigenvalue weighted by atomic mass is 16.5. The van der Waals surface area contributed by atoms with Crippen molar-refractivity contribution < 1.29 is 9.53 Å². The Balaban J connectivity index is 1.53. The molecule has 1 amide bonds. The summed E-state index contributed by atoms with van der Waals surface area (Å²) in [7, 11) is 0. The fourth-order valence-corrected chi connectivity index (χ4v) is 3.64. The number of fused-ring (bicyclic) bond motifs is 1. The fourth-order valence-electron chi connectivity index (χ4n) is 3.64. The van der Waals surface area contributed by atoms with Gasteiger partial charge in [0.25, 0.3) is 0 Å². The molecule has 1 aliphatic carbocycles. The van der Waals surface area contributed by atoms with Gasteiger partial charge in [0.1, 0.15) is 0 Å². The first-order chi connectivity index (χ1) is 8.24. The molecule has 1 saturated carbocycles. The molecule has 2 heterocycles. The second-order valence-corrected chi connectivity index (χ2v) is 5.80. The van der Waals surface area contributed by atoms with Crippen LogP contribution >= 0.6 is 0 Å². The van der Waals surface area contributed by atoms with Gasteiger partial charge in [-0.2, -0.15) is 0 Å². The van der Waals surface area contributed by atoms with Crippen molar-refractivity contribution in [3.05, 3.63) is 0 Å². The zero-order chi connectivity index (χ0) is 11.8. The molecule has 4 nitrogen and oxygen atoms in total. The molecule has 3 aliphatic rings. The van der Waals surface area contributed by atoms with Gasteiger partial charge in [-0.05, 0) is 37.5 Å². The Hall–Kier alpha value is -0.610. The van der Waals surface area contributed by atoms with Gasteiger partial charge in [-0.15, -0.1) is 0 Å². The predicted octanol–water partition coefficient (Wildman–Crippen LogP) is 0.751. The maximum atomic E-state index is 12.1. The van der Waals surface area contributed by atoms with E-state index in [2.05, 4.69) is 0 Å². The molecule has 0 aromatic rings. The van der Waals surface area contributed by atoms with Crippen molar-refractivity contribution in [2.75, 3.05) is 19.7 Å². The summed E-state index contributed by atoms with van der Waals surface area (Å²) in [4.78, 5) is 14.2. The number of carbonyl (C=O) groups excluding carboxylic acids is 1. The molecule has 2 saturated heterocycles. The third-order valence-corrected chi connectivity index (χ3v) is 4.69. The average Bonchev–Trinajstić information content (AvgIpc) is 2.97.